The van der Waals surface area contributed by atoms with E-state index in [0.717, 1.165) is 22.0 Å². The molecular weight excluding hydrogens is 320 g/mol. The number of aliphatic carboxylic acids is 1. The third-order valence-electron chi connectivity index (χ3n) is 3.88. The van der Waals surface area contributed by atoms with Crippen molar-refractivity contribution in [2.75, 3.05) is 20.2 Å². The number of benzene rings is 1. The first kappa shape index (κ1) is 17.7. The van der Waals surface area contributed by atoms with Gasteiger partial charge in [-0.3, -0.25) is 4.79 Å². The van der Waals surface area contributed by atoms with E-state index in [1.165, 1.54) is 0 Å². The fourth-order valence-corrected chi connectivity index (χ4v) is 4.11. The van der Waals surface area contributed by atoms with Gasteiger partial charge in [0.25, 0.3) is 10.2 Å². The lowest BCUT2D eigenvalue weighted by Gasteiger charge is -2.21. The second kappa shape index (κ2) is 7.76. The second-order valence-electron chi connectivity index (χ2n) is 5.46. The van der Waals surface area contributed by atoms with Crippen LogP contribution in [0.25, 0.3) is 0 Å². The highest BCUT2D eigenvalue weighted by molar-refractivity contribution is 7.87. The number of carboxylic acid groups (broad SMARTS) is 1. The van der Waals surface area contributed by atoms with Crippen molar-refractivity contribution in [3.05, 3.63) is 29.8 Å². The normalized spacial score (nSPS) is 18.9. The van der Waals surface area contributed by atoms with Crippen molar-refractivity contribution >= 4 is 16.2 Å². The highest BCUT2D eigenvalue weighted by atomic mass is 32.2. The fraction of sp³-hybridized carbons (Fsp3) is 0.533. The van der Waals surface area contributed by atoms with Crippen LogP contribution in [0.4, 0.5) is 0 Å². The molecular formula is C15H22N2O5S. The molecule has 1 heterocycles. The molecule has 0 aromatic heterocycles. The molecule has 1 aliphatic heterocycles. The van der Waals surface area contributed by atoms with Crippen LogP contribution in [0.5, 0.6) is 5.75 Å². The van der Waals surface area contributed by atoms with E-state index in [9.17, 15) is 13.2 Å². The number of nitrogens with zero attached hydrogens (tertiary/aromatic N) is 1. The van der Waals surface area contributed by atoms with Gasteiger partial charge in [0.1, 0.15) is 11.8 Å². The van der Waals surface area contributed by atoms with Gasteiger partial charge in [0, 0.05) is 13.1 Å². The third kappa shape index (κ3) is 4.66. The summed E-state index contributed by atoms with van der Waals surface area (Å²) in [5.74, 6) is -0.311. The monoisotopic (exact) mass is 342 g/mol. The van der Waals surface area contributed by atoms with Crippen LogP contribution in [0.2, 0.25) is 0 Å². The molecule has 1 unspecified atom stereocenters. The number of hydrogen-bond donors (Lipinski definition) is 2. The van der Waals surface area contributed by atoms with Gasteiger partial charge in [0.2, 0.25) is 0 Å². The van der Waals surface area contributed by atoms with Crippen LogP contribution in [-0.2, 0) is 21.4 Å². The van der Waals surface area contributed by atoms with Crippen LogP contribution in [0.15, 0.2) is 24.3 Å². The average Bonchev–Trinajstić information content (AvgIpc) is 3.03. The van der Waals surface area contributed by atoms with Crippen LogP contribution in [0.3, 0.4) is 0 Å². The number of nitrogens with one attached hydrogen (secondary N) is 1. The summed E-state index contributed by atoms with van der Waals surface area (Å²) < 4.78 is 33.0. The van der Waals surface area contributed by atoms with Gasteiger partial charge in [-0.2, -0.15) is 12.7 Å². The summed E-state index contributed by atoms with van der Waals surface area (Å²) in [7, 11) is -2.13. The van der Waals surface area contributed by atoms with Gasteiger partial charge < -0.3 is 9.84 Å². The first-order valence-electron chi connectivity index (χ1n) is 7.56. The molecule has 8 heteroatoms. The van der Waals surface area contributed by atoms with E-state index in [-0.39, 0.29) is 13.1 Å². The van der Waals surface area contributed by atoms with E-state index in [2.05, 4.69) is 4.72 Å². The molecule has 0 amide bonds. The minimum Gasteiger partial charge on any atom is -0.497 e. The Morgan fingerprint density at radius 3 is 2.70 bits per heavy atom. The Bertz CT molecular complexity index is 630. The molecule has 1 aromatic carbocycles. The summed E-state index contributed by atoms with van der Waals surface area (Å²) >= 11 is 0. The number of carboxylic acids is 1. The molecule has 1 fully saturated rings. The lowest BCUT2D eigenvalue weighted by Crippen LogP contribution is -2.46. The highest BCUT2D eigenvalue weighted by Gasteiger charge is 2.38. The number of hydrogen-bond acceptors (Lipinski definition) is 4. The summed E-state index contributed by atoms with van der Waals surface area (Å²) in [5.41, 5.74) is 1.09. The lowest BCUT2D eigenvalue weighted by atomic mass is 10.1. The Balaban J connectivity index is 1.81. The van der Waals surface area contributed by atoms with E-state index >= 15 is 0 Å². The van der Waals surface area contributed by atoms with Gasteiger partial charge in [-0.15, -0.1) is 0 Å². The maximum absolute atomic E-state index is 12.2. The molecule has 128 valence electrons. The molecule has 1 atom stereocenters. The maximum atomic E-state index is 12.2. The molecule has 0 bridgehead atoms. The van der Waals surface area contributed by atoms with Gasteiger partial charge in [-0.1, -0.05) is 12.1 Å². The van der Waals surface area contributed by atoms with Gasteiger partial charge >= 0.3 is 5.97 Å². The van der Waals surface area contributed by atoms with Crippen LogP contribution in [0, 0.1) is 0 Å². The molecule has 1 saturated heterocycles. The molecule has 0 aliphatic carbocycles. The van der Waals surface area contributed by atoms with Crippen LogP contribution in [0.1, 0.15) is 24.8 Å². The molecule has 2 N–H and O–H groups in total. The Kier molecular flexibility index (Phi) is 5.97. The average molecular weight is 342 g/mol. The molecule has 23 heavy (non-hydrogen) atoms. The SMILES string of the molecule is COc1ccc(CCCNS(=O)(=O)N2CCCC2C(=O)O)cc1. The molecule has 7 nitrogen and oxygen atoms in total. The van der Waals surface area contributed by atoms with Crippen molar-refractivity contribution < 1.29 is 23.1 Å². The van der Waals surface area contributed by atoms with Crippen molar-refractivity contribution in [1.29, 1.82) is 0 Å². The van der Waals surface area contributed by atoms with E-state index in [4.69, 9.17) is 9.84 Å². The quantitative estimate of drug-likeness (QED) is 0.688. The van der Waals surface area contributed by atoms with Crippen molar-refractivity contribution in [3.63, 3.8) is 0 Å². The largest absolute Gasteiger partial charge is 0.497 e. The number of aryl methyl sites for hydroxylation is 1. The highest BCUT2D eigenvalue weighted by Crippen LogP contribution is 2.20. The molecule has 2 rings (SSSR count). The topological polar surface area (TPSA) is 95.9 Å². The van der Waals surface area contributed by atoms with Crippen LogP contribution in [-0.4, -0.2) is 50.0 Å². The zero-order chi connectivity index (χ0) is 16.9. The summed E-state index contributed by atoms with van der Waals surface area (Å²) in [4.78, 5) is 11.1. The first-order valence-corrected chi connectivity index (χ1v) is 9.00. The van der Waals surface area contributed by atoms with E-state index in [1.807, 2.05) is 24.3 Å². The summed E-state index contributed by atoms with van der Waals surface area (Å²) in [6.07, 6.45) is 2.30. The van der Waals surface area contributed by atoms with Crippen molar-refractivity contribution in [2.24, 2.45) is 0 Å². The summed E-state index contributed by atoms with van der Waals surface area (Å²) in [5, 5.41) is 9.07. The number of rotatable bonds is 8. The molecule has 1 aliphatic rings. The number of carbonyl (C=O) groups is 1. The predicted octanol–water partition coefficient (Wildman–Crippen LogP) is 1.01. The smallest absolute Gasteiger partial charge is 0.322 e. The standard InChI is InChI=1S/C15H22N2O5S/c1-22-13-8-6-12(7-9-13)4-2-10-16-23(20,21)17-11-3-5-14(17)15(18)19/h6-9,14,16H,2-5,10-11H2,1H3,(H,18,19). The first-order chi connectivity index (χ1) is 10.9. The van der Waals surface area contributed by atoms with Gasteiger partial charge in [-0.05, 0) is 43.4 Å². The van der Waals surface area contributed by atoms with Crippen molar-refractivity contribution in [2.45, 2.75) is 31.7 Å². The zero-order valence-corrected chi connectivity index (χ0v) is 13.9. The summed E-state index contributed by atoms with van der Waals surface area (Å²) in [6, 6.07) is 6.65. The van der Waals surface area contributed by atoms with E-state index in [1.54, 1.807) is 7.11 Å². The number of methoxy groups -OCH3 is 1. The molecule has 0 saturated carbocycles. The van der Waals surface area contributed by atoms with Crippen LogP contribution >= 0.6 is 0 Å². The lowest BCUT2D eigenvalue weighted by molar-refractivity contribution is -0.140. The van der Waals surface area contributed by atoms with Gasteiger partial charge in [-0.25, -0.2) is 4.72 Å². The minimum absolute atomic E-state index is 0.255. The third-order valence-corrected chi connectivity index (χ3v) is 5.51. The Morgan fingerprint density at radius 1 is 1.39 bits per heavy atom. The molecule has 0 radical (unpaired) electrons. The Hall–Kier alpha value is -1.64. The van der Waals surface area contributed by atoms with E-state index < -0.39 is 22.2 Å². The summed E-state index contributed by atoms with van der Waals surface area (Å²) in [6.45, 7) is 0.530. The Labute approximate surface area is 136 Å². The Morgan fingerprint density at radius 2 is 2.09 bits per heavy atom. The molecule has 1 aromatic rings. The number of ether oxygens (including phenoxy) is 1. The maximum Gasteiger partial charge on any atom is 0.322 e. The molecule has 0 spiro atoms. The van der Waals surface area contributed by atoms with Gasteiger partial charge in [0.15, 0.2) is 0 Å². The second-order valence-corrected chi connectivity index (χ2v) is 7.17. The van der Waals surface area contributed by atoms with Crippen molar-refractivity contribution in [3.8, 4) is 5.75 Å². The fourth-order valence-electron chi connectivity index (χ4n) is 2.64. The van der Waals surface area contributed by atoms with E-state index in [0.29, 0.717) is 19.3 Å². The van der Waals surface area contributed by atoms with Crippen molar-refractivity contribution in [1.82, 2.24) is 9.03 Å². The predicted molar refractivity (Wildman–Crippen MR) is 85.6 cm³/mol. The van der Waals surface area contributed by atoms with Crippen LogP contribution < -0.4 is 9.46 Å². The zero-order valence-electron chi connectivity index (χ0n) is 13.1. The minimum atomic E-state index is -3.74. The van der Waals surface area contributed by atoms with Gasteiger partial charge in [0.05, 0.1) is 7.11 Å².